The molecular weight excluding hydrogens is 332 g/mol. The summed E-state index contributed by atoms with van der Waals surface area (Å²) in [5.74, 6) is 1.46. The molecule has 2 aromatic rings. The number of benzene rings is 1. The van der Waals surface area contributed by atoms with Gasteiger partial charge in [0, 0.05) is 31.5 Å². The number of amides is 2. The second-order valence-electron chi connectivity index (χ2n) is 6.27. The molecule has 7 nitrogen and oxygen atoms in total. The van der Waals surface area contributed by atoms with Crippen LogP contribution in [0.5, 0.6) is 11.5 Å². The number of carbonyl (C=O) groups excluding carboxylic acids is 1. The summed E-state index contributed by atoms with van der Waals surface area (Å²) in [6.07, 6.45) is 3.38. The first-order chi connectivity index (χ1) is 12.7. The minimum atomic E-state index is -0.122. The smallest absolute Gasteiger partial charge is 0.322 e. The van der Waals surface area contributed by atoms with E-state index in [9.17, 15) is 4.79 Å². The molecule has 0 bridgehead atoms. The van der Waals surface area contributed by atoms with Gasteiger partial charge >= 0.3 is 6.03 Å². The molecule has 1 atom stereocenters. The Labute approximate surface area is 153 Å². The summed E-state index contributed by atoms with van der Waals surface area (Å²) in [6.45, 7) is 2.67. The Kier molecular flexibility index (Phi) is 5.91. The number of likely N-dealkylation sites (N-methyl/N-ethyl adjacent to an activating group) is 1. The molecule has 2 amide bonds. The highest BCUT2D eigenvalue weighted by molar-refractivity contribution is 5.89. The average Bonchev–Trinajstić information content (AvgIpc) is 2.68. The van der Waals surface area contributed by atoms with Crippen LogP contribution in [0.15, 0.2) is 48.8 Å². The first kappa shape index (κ1) is 18.0. The molecule has 26 heavy (non-hydrogen) atoms. The van der Waals surface area contributed by atoms with Crippen LogP contribution in [0.3, 0.4) is 0 Å². The lowest BCUT2D eigenvalue weighted by Gasteiger charge is -2.39. The third kappa shape index (κ3) is 4.64. The quantitative estimate of drug-likeness (QED) is 0.891. The Morgan fingerprint density at radius 1 is 1.23 bits per heavy atom. The van der Waals surface area contributed by atoms with E-state index in [-0.39, 0.29) is 12.1 Å². The molecule has 1 fully saturated rings. The fourth-order valence-corrected chi connectivity index (χ4v) is 2.92. The van der Waals surface area contributed by atoms with E-state index in [1.165, 1.54) is 0 Å². The van der Waals surface area contributed by atoms with E-state index in [4.69, 9.17) is 9.47 Å². The van der Waals surface area contributed by atoms with Crippen LogP contribution in [-0.2, 0) is 0 Å². The molecule has 1 aromatic carbocycles. The maximum Gasteiger partial charge on any atom is 0.322 e. The average molecular weight is 356 g/mol. The molecule has 138 valence electrons. The topological polar surface area (TPSA) is 66.9 Å². The number of aromatic nitrogens is 1. The van der Waals surface area contributed by atoms with Gasteiger partial charge in [0.15, 0.2) is 0 Å². The molecule has 1 aromatic heterocycles. The number of piperazine rings is 1. The van der Waals surface area contributed by atoms with Crippen molar-refractivity contribution in [3.05, 3.63) is 48.8 Å². The number of anilines is 1. The van der Waals surface area contributed by atoms with E-state index in [0.717, 1.165) is 24.5 Å². The molecule has 1 unspecified atom stereocenters. The van der Waals surface area contributed by atoms with Gasteiger partial charge in [-0.25, -0.2) is 4.79 Å². The first-order valence-corrected chi connectivity index (χ1v) is 8.59. The summed E-state index contributed by atoms with van der Waals surface area (Å²) >= 11 is 0. The molecule has 0 aliphatic carbocycles. The normalized spacial score (nSPS) is 17.6. The largest absolute Gasteiger partial charge is 0.497 e. The molecule has 0 radical (unpaired) electrons. The molecule has 7 heteroatoms. The van der Waals surface area contributed by atoms with Gasteiger partial charge < -0.3 is 24.6 Å². The van der Waals surface area contributed by atoms with E-state index in [1.807, 2.05) is 41.3 Å². The second-order valence-corrected chi connectivity index (χ2v) is 6.27. The zero-order chi connectivity index (χ0) is 18.4. The van der Waals surface area contributed by atoms with Crippen molar-refractivity contribution >= 4 is 11.7 Å². The van der Waals surface area contributed by atoms with E-state index in [0.29, 0.717) is 18.9 Å². The van der Waals surface area contributed by atoms with Crippen molar-refractivity contribution in [3.63, 3.8) is 0 Å². The third-order valence-corrected chi connectivity index (χ3v) is 4.36. The van der Waals surface area contributed by atoms with Crippen molar-refractivity contribution < 1.29 is 14.3 Å². The van der Waals surface area contributed by atoms with Crippen LogP contribution >= 0.6 is 0 Å². The van der Waals surface area contributed by atoms with E-state index in [2.05, 4.69) is 22.2 Å². The number of nitrogens with zero attached hydrogens (tertiary/aromatic N) is 3. The Morgan fingerprint density at radius 3 is 2.73 bits per heavy atom. The van der Waals surface area contributed by atoms with Crippen LogP contribution in [0.2, 0.25) is 0 Å². The van der Waals surface area contributed by atoms with Crippen molar-refractivity contribution in [2.24, 2.45) is 0 Å². The highest BCUT2D eigenvalue weighted by atomic mass is 16.5. The minimum absolute atomic E-state index is 0.0350. The van der Waals surface area contributed by atoms with E-state index in [1.54, 1.807) is 19.5 Å². The maximum absolute atomic E-state index is 12.7. The van der Waals surface area contributed by atoms with Crippen molar-refractivity contribution in [1.29, 1.82) is 0 Å². The Morgan fingerprint density at radius 2 is 2.04 bits per heavy atom. The summed E-state index contributed by atoms with van der Waals surface area (Å²) < 4.78 is 11.0. The van der Waals surface area contributed by atoms with Gasteiger partial charge in [0.25, 0.3) is 0 Å². The summed E-state index contributed by atoms with van der Waals surface area (Å²) in [7, 11) is 3.67. The molecule has 1 N–H and O–H groups in total. The summed E-state index contributed by atoms with van der Waals surface area (Å²) in [6, 6.07) is 10.8. The number of ether oxygens (including phenoxy) is 2. The summed E-state index contributed by atoms with van der Waals surface area (Å²) in [4.78, 5) is 20.8. The van der Waals surface area contributed by atoms with Crippen LogP contribution in [0, 0.1) is 0 Å². The number of hydrogen-bond donors (Lipinski definition) is 1. The van der Waals surface area contributed by atoms with Crippen molar-refractivity contribution in [3.8, 4) is 11.5 Å². The predicted octanol–water partition coefficient (Wildman–Crippen LogP) is 2.32. The van der Waals surface area contributed by atoms with Gasteiger partial charge in [0.05, 0.1) is 19.3 Å². The van der Waals surface area contributed by atoms with Crippen LogP contribution < -0.4 is 14.8 Å². The second kappa shape index (κ2) is 8.53. The highest BCUT2D eigenvalue weighted by Gasteiger charge is 2.29. The van der Waals surface area contributed by atoms with Gasteiger partial charge in [-0.05, 0) is 43.4 Å². The lowest BCUT2D eigenvalue weighted by atomic mass is 10.2. The lowest BCUT2D eigenvalue weighted by molar-refractivity contribution is 0.0847. The minimum Gasteiger partial charge on any atom is -0.497 e. The number of hydrogen-bond acceptors (Lipinski definition) is 5. The van der Waals surface area contributed by atoms with Crippen molar-refractivity contribution in [2.45, 2.75) is 6.04 Å². The number of urea groups is 1. The molecule has 1 aliphatic heterocycles. The standard InChI is InChI=1S/C19H24N4O3/c1-22-10-11-23(16(13-22)14-26-18-4-3-9-20-12-18)19(24)21-15-5-7-17(25-2)8-6-15/h3-9,12,16H,10-11,13-14H2,1-2H3,(H,21,24). The van der Waals surface area contributed by atoms with Gasteiger partial charge in [-0.1, -0.05) is 0 Å². The lowest BCUT2D eigenvalue weighted by Crippen LogP contribution is -2.57. The summed E-state index contributed by atoms with van der Waals surface area (Å²) in [5, 5.41) is 2.95. The van der Waals surface area contributed by atoms with Gasteiger partial charge in [0.1, 0.15) is 18.1 Å². The van der Waals surface area contributed by atoms with E-state index < -0.39 is 0 Å². The van der Waals surface area contributed by atoms with Crippen molar-refractivity contribution in [2.75, 3.05) is 45.7 Å². The fourth-order valence-electron chi connectivity index (χ4n) is 2.92. The zero-order valence-electron chi connectivity index (χ0n) is 15.1. The van der Waals surface area contributed by atoms with E-state index >= 15 is 0 Å². The monoisotopic (exact) mass is 356 g/mol. The predicted molar refractivity (Wildman–Crippen MR) is 99.7 cm³/mol. The molecule has 0 saturated carbocycles. The van der Waals surface area contributed by atoms with Gasteiger partial charge in [-0.3, -0.25) is 4.98 Å². The molecular formula is C19H24N4O3. The third-order valence-electron chi connectivity index (χ3n) is 4.36. The van der Waals surface area contributed by atoms with Crippen LogP contribution in [0.4, 0.5) is 10.5 Å². The zero-order valence-corrected chi connectivity index (χ0v) is 15.1. The van der Waals surface area contributed by atoms with Crippen LogP contribution in [-0.4, -0.2) is 67.3 Å². The maximum atomic E-state index is 12.7. The molecule has 0 spiro atoms. The Bertz CT molecular complexity index is 708. The van der Waals surface area contributed by atoms with Gasteiger partial charge in [-0.2, -0.15) is 0 Å². The molecule has 1 saturated heterocycles. The first-order valence-electron chi connectivity index (χ1n) is 8.59. The van der Waals surface area contributed by atoms with Crippen LogP contribution in [0.1, 0.15) is 0 Å². The molecule has 3 rings (SSSR count). The summed E-state index contributed by atoms with van der Waals surface area (Å²) in [5.41, 5.74) is 0.738. The number of carbonyl (C=O) groups is 1. The van der Waals surface area contributed by atoms with Crippen molar-refractivity contribution in [1.82, 2.24) is 14.8 Å². The fraction of sp³-hybridized carbons (Fsp3) is 0.368. The SMILES string of the molecule is COc1ccc(NC(=O)N2CCN(C)CC2COc2cccnc2)cc1. The number of methoxy groups -OCH3 is 1. The Hall–Kier alpha value is -2.80. The molecule has 2 heterocycles. The van der Waals surface area contributed by atoms with Gasteiger partial charge in [-0.15, -0.1) is 0 Å². The van der Waals surface area contributed by atoms with Gasteiger partial charge in [0.2, 0.25) is 0 Å². The molecule has 1 aliphatic rings. The number of nitrogens with one attached hydrogen (secondary N) is 1. The van der Waals surface area contributed by atoms with Crippen LogP contribution in [0.25, 0.3) is 0 Å². The number of rotatable bonds is 5. The Balaban J connectivity index is 1.63. The number of pyridine rings is 1. The highest BCUT2D eigenvalue weighted by Crippen LogP contribution is 2.18.